The number of anilines is 1. The zero-order valence-electron chi connectivity index (χ0n) is 9.60. The average Bonchev–Trinajstić information content (AvgIpc) is 2.99. The standard InChI is InChI=1S/C12H16N4S/c13-12-6-11(9-3-5-17-8-9)15-16(12)10-2-1-4-14-7-10/h3,5-6,8,10,14H,1-2,4,7,13H2. The van der Waals surface area contributed by atoms with E-state index in [1.165, 1.54) is 6.42 Å². The van der Waals surface area contributed by atoms with E-state index in [0.29, 0.717) is 6.04 Å². The SMILES string of the molecule is Nc1cc(-c2ccsc2)nn1C1CCCNC1. The first-order valence-electron chi connectivity index (χ1n) is 5.93. The van der Waals surface area contributed by atoms with Crippen molar-refractivity contribution in [3.05, 3.63) is 22.9 Å². The van der Waals surface area contributed by atoms with Crippen LogP contribution in [0.15, 0.2) is 22.9 Å². The third-order valence-electron chi connectivity index (χ3n) is 3.20. The topological polar surface area (TPSA) is 55.9 Å². The maximum absolute atomic E-state index is 6.05. The second kappa shape index (κ2) is 4.50. The molecule has 1 aliphatic rings. The van der Waals surface area contributed by atoms with Gasteiger partial charge in [-0.1, -0.05) is 0 Å². The summed E-state index contributed by atoms with van der Waals surface area (Å²) in [6, 6.07) is 4.45. The second-order valence-electron chi connectivity index (χ2n) is 4.41. The van der Waals surface area contributed by atoms with E-state index in [2.05, 4.69) is 27.2 Å². The molecule has 0 amide bonds. The van der Waals surface area contributed by atoms with Gasteiger partial charge in [-0.2, -0.15) is 16.4 Å². The van der Waals surface area contributed by atoms with E-state index in [1.54, 1.807) is 11.3 Å². The van der Waals surface area contributed by atoms with Crippen LogP contribution >= 0.6 is 11.3 Å². The number of hydrogen-bond donors (Lipinski definition) is 2. The van der Waals surface area contributed by atoms with E-state index in [0.717, 1.165) is 36.6 Å². The van der Waals surface area contributed by atoms with Gasteiger partial charge in [-0.3, -0.25) is 0 Å². The zero-order chi connectivity index (χ0) is 11.7. The number of hydrogen-bond acceptors (Lipinski definition) is 4. The minimum Gasteiger partial charge on any atom is -0.384 e. The largest absolute Gasteiger partial charge is 0.384 e. The molecule has 0 aliphatic carbocycles. The normalized spacial score (nSPS) is 20.6. The van der Waals surface area contributed by atoms with Gasteiger partial charge in [-0.15, -0.1) is 0 Å². The second-order valence-corrected chi connectivity index (χ2v) is 5.19. The number of nitrogens with zero attached hydrogens (tertiary/aromatic N) is 2. The van der Waals surface area contributed by atoms with Crippen molar-refractivity contribution in [1.82, 2.24) is 15.1 Å². The summed E-state index contributed by atoms with van der Waals surface area (Å²) < 4.78 is 1.97. The van der Waals surface area contributed by atoms with Crippen LogP contribution in [0.2, 0.25) is 0 Å². The molecule has 0 saturated carbocycles. The molecule has 0 aromatic carbocycles. The number of thiophene rings is 1. The molecule has 1 saturated heterocycles. The molecule has 1 atom stereocenters. The fraction of sp³-hybridized carbons (Fsp3) is 0.417. The molecule has 90 valence electrons. The van der Waals surface area contributed by atoms with Gasteiger partial charge in [0.05, 0.1) is 11.7 Å². The highest BCUT2D eigenvalue weighted by Crippen LogP contribution is 2.26. The molecule has 0 spiro atoms. The number of aromatic nitrogens is 2. The summed E-state index contributed by atoms with van der Waals surface area (Å²) in [7, 11) is 0. The average molecular weight is 248 g/mol. The van der Waals surface area contributed by atoms with E-state index in [-0.39, 0.29) is 0 Å². The van der Waals surface area contributed by atoms with E-state index < -0.39 is 0 Å². The molecular weight excluding hydrogens is 232 g/mol. The Kier molecular flexibility index (Phi) is 2.86. The van der Waals surface area contributed by atoms with E-state index >= 15 is 0 Å². The summed E-state index contributed by atoms with van der Waals surface area (Å²) in [6.07, 6.45) is 2.35. The first kappa shape index (κ1) is 10.8. The molecule has 0 radical (unpaired) electrons. The minimum atomic E-state index is 0.399. The predicted molar refractivity (Wildman–Crippen MR) is 71.1 cm³/mol. The van der Waals surface area contributed by atoms with Gasteiger partial charge in [-0.25, -0.2) is 4.68 Å². The molecule has 5 heteroatoms. The Hall–Kier alpha value is -1.33. The highest BCUT2D eigenvalue weighted by molar-refractivity contribution is 7.08. The summed E-state index contributed by atoms with van der Waals surface area (Å²) in [5.41, 5.74) is 8.19. The summed E-state index contributed by atoms with van der Waals surface area (Å²) in [5.74, 6) is 0.764. The smallest absolute Gasteiger partial charge is 0.122 e. The summed E-state index contributed by atoms with van der Waals surface area (Å²) >= 11 is 1.68. The van der Waals surface area contributed by atoms with Gasteiger partial charge in [0.2, 0.25) is 0 Å². The van der Waals surface area contributed by atoms with Crippen molar-refractivity contribution in [3.63, 3.8) is 0 Å². The molecule has 3 heterocycles. The fourth-order valence-corrected chi connectivity index (χ4v) is 2.94. The Morgan fingerprint density at radius 2 is 2.47 bits per heavy atom. The third kappa shape index (κ3) is 2.08. The molecule has 2 aromatic rings. The first-order valence-corrected chi connectivity index (χ1v) is 6.87. The highest BCUT2D eigenvalue weighted by Gasteiger charge is 2.18. The number of rotatable bonds is 2. The molecule has 2 aromatic heterocycles. The summed E-state index contributed by atoms with van der Waals surface area (Å²) in [5, 5.41) is 12.2. The molecular formula is C12H16N4S. The van der Waals surface area contributed by atoms with Gasteiger partial charge in [0.25, 0.3) is 0 Å². The summed E-state index contributed by atoms with van der Waals surface area (Å²) in [4.78, 5) is 0. The lowest BCUT2D eigenvalue weighted by molar-refractivity contribution is 0.351. The molecule has 17 heavy (non-hydrogen) atoms. The lowest BCUT2D eigenvalue weighted by Crippen LogP contribution is -2.32. The Morgan fingerprint density at radius 3 is 3.18 bits per heavy atom. The molecule has 4 nitrogen and oxygen atoms in total. The van der Waals surface area contributed by atoms with Crippen LogP contribution in [-0.2, 0) is 0 Å². The Morgan fingerprint density at radius 1 is 1.53 bits per heavy atom. The van der Waals surface area contributed by atoms with Crippen LogP contribution in [0.1, 0.15) is 18.9 Å². The third-order valence-corrected chi connectivity index (χ3v) is 3.88. The van der Waals surface area contributed by atoms with Crippen LogP contribution in [0.25, 0.3) is 11.3 Å². The van der Waals surface area contributed by atoms with Crippen molar-refractivity contribution in [2.75, 3.05) is 18.8 Å². The predicted octanol–water partition coefficient (Wildman–Crippen LogP) is 2.12. The quantitative estimate of drug-likeness (QED) is 0.856. The van der Waals surface area contributed by atoms with Crippen molar-refractivity contribution < 1.29 is 0 Å². The van der Waals surface area contributed by atoms with Crippen LogP contribution in [0.4, 0.5) is 5.82 Å². The maximum atomic E-state index is 6.05. The Bertz CT molecular complexity index is 483. The van der Waals surface area contributed by atoms with Crippen LogP contribution in [0.5, 0.6) is 0 Å². The Balaban J connectivity index is 1.90. The van der Waals surface area contributed by atoms with E-state index in [4.69, 9.17) is 5.73 Å². The minimum absolute atomic E-state index is 0.399. The number of nitrogens with one attached hydrogen (secondary N) is 1. The molecule has 3 rings (SSSR count). The van der Waals surface area contributed by atoms with Crippen molar-refractivity contribution in [2.24, 2.45) is 0 Å². The van der Waals surface area contributed by atoms with Crippen molar-refractivity contribution >= 4 is 17.2 Å². The van der Waals surface area contributed by atoms with Gasteiger partial charge in [0.15, 0.2) is 0 Å². The van der Waals surface area contributed by atoms with Gasteiger partial charge in [0, 0.05) is 23.6 Å². The first-order chi connectivity index (χ1) is 8.34. The van der Waals surface area contributed by atoms with Crippen LogP contribution in [0, 0.1) is 0 Å². The molecule has 1 fully saturated rings. The molecule has 0 bridgehead atoms. The van der Waals surface area contributed by atoms with Crippen LogP contribution in [-0.4, -0.2) is 22.9 Å². The summed E-state index contributed by atoms with van der Waals surface area (Å²) in [6.45, 7) is 2.07. The van der Waals surface area contributed by atoms with E-state index in [1.807, 2.05) is 10.7 Å². The molecule has 3 N–H and O–H groups in total. The number of piperidine rings is 1. The van der Waals surface area contributed by atoms with Crippen molar-refractivity contribution in [3.8, 4) is 11.3 Å². The monoisotopic (exact) mass is 248 g/mol. The van der Waals surface area contributed by atoms with E-state index in [9.17, 15) is 0 Å². The highest BCUT2D eigenvalue weighted by atomic mass is 32.1. The number of nitrogens with two attached hydrogens (primary N) is 1. The molecule has 1 aliphatic heterocycles. The van der Waals surface area contributed by atoms with Gasteiger partial charge in [0.1, 0.15) is 5.82 Å². The number of nitrogen functional groups attached to an aromatic ring is 1. The maximum Gasteiger partial charge on any atom is 0.122 e. The lowest BCUT2D eigenvalue weighted by atomic mass is 10.1. The molecule has 1 unspecified atom stereocenters. The van der Waals surface area contributed by atoms with Gasteiger partial charge >= 0.3 is 0 Å². The van der Waals surface area contributed by atoms with Crippen LogP contribution < -0.4 is 11.1 Å². The zero-order valence-corrected chi connectivity index (χ0v) is 10.4. The van der Waals surface area contributed by atoms with Gasteiger partial charge < -0.3 is 11.1 Å². The van der Waals surface area contributed by atoms with Crippen LogP contribution in [0.3, 0.4) is 0 Å². The van der Waals surface area contributed by atoms with Crippen molar-refractivity contribution in [2.45, 2.75) is 18.9 Å². The lowest BCUT2D eigenvalue weighted by Gasteiger charge is -2.23. The fourth-order valence-electron chi connectivity index (χ4n) is 2.29. The van der Waals surface area contributed by atoms with Gasteiger partial charge in [-0.05, 0) is 30.8 Å². The van der Waals surface area contributed by atoms with Crippen molar-refractivity contribution in [1.29, 1.82) is 0 Å². The Labute approximate surface area is 104 Å².